The Morgan fingerprint density at radius 2 is 1.67 bits per heavy atom. The van der Waals surface area contributed by atoms with Crippen molar-refractivity contribution in [2.45, 2.75) is 19.4 Å². The Morgan fingerprint density at radius 3 is 2.39 bits per heavy atom. The molecule has 0 bridgehead atoms. The van der Waals surface area contributed by atoms with Crippen LogP contribution in [-0.4, -0.2) is 62.8 Å². The molecule has 2 amide bonds. The fraction of sp³-hybridized carbons (Fsp3) is 0.417. The lowest BCUT2D eigenvalue weighted by Gasteiger charge is -2.40. The molecule has 2 aromatic carbocycles. The molecule has 0 aromatic heterocycles. The third kappa shape index (κ3) is 5.54. The summed E-state index contributed by atoms with van der Waals surface area (Å²) in [6.07, 6.45) is 0.761. The van der Waals surface area contributed by atoms with Crippen LogP contribution in [0.5, 0.6) is 11.5 Å². The average molecular weight is 457 g/mol. The number of carbonyl (C=O) groups excluding carboxylic acids is 2. The van der Waals surface area contributed by atoms with Crippen molar-refractivity contribution in [2.75, 3.05) is 51.0 Å². The number of amides is 2. The first-order chi connectivity index (χ1) is 16.0. The van der Waals surface area contributed by atoms with Gasteiger partial charge in [-0.3, -0.25) is 14.5 Å². The van der Waals surface area contributed by atoms with Crippen molar-refractivity contribution in [2.24, 2.45) is 0 Å². The summed E-state index contributed by atoms with van der Waals surface area (Å²) in [5, 5.41) is 5.39. The molecule has 4 rings (SSSR count). The molecule has 2 N–H and O–H groups in total. The molecule has 0 radical (unpaired) electrons. The van der Waals surface area contributed by atoms with Crippen LogP contribution in [0.25, 0.3) is 0 Å². The van der Waals surface area contributed by atoms with Crippen molar-refractivity contribution in [1.82, 2.24) is 15.5 Å². The zero-order valence-corrected chi connectivity index (χ0v) is 18.7. The third-order valence-corrected chi connectivity index (χ3v) is 5.93. The Hall–Kier alpha value is -3.33. The number of anilines is 1. The summed E-state index contributed by atoms with van der Waals surface area (Å²) < 4.78 is 24.2. The van der Waals surface area contributed by atoms with Gasteiger partial charge in [0, 0.05) is 45.0 Å². The summed E-state index contributed by atoms with van der Waals surface area (Å²) in [6, 6.07) is 12.1. The van der Waals surface area contributed by atoms with Crippen molar-refractivity contribution in [3.63, 3.8) is 0 Å². The molecular formula is C24H29FN4O4. The van der Waals surface area contributed by atoms with Crippen LogP contribution in [0, 0.1) is 5.82 Å². The summed E-state index contributed by atoms with van der Waals surface area (Å²) >= 11 is 0. The van der Waals surface area contributed by atoms with Crippen LogP contribution in [0.15, 0.2) is 42.5 Å². The molecule has 2 aliphatic rings. The Labute approximate surface area is 192 Å². The highest BCUT2D eigenvalue weighted by atomic mass is 19.1. The zero-order chi connectivity index (χ0) is 23.2. The van der Waals surface area contributed by atoms with Gasteiger partial charge in [-0.1, -0.05) is 13.0 Å². The Morgan fingerprint density at radius 1 is 0.970 bits per heavy atom. The maximum Gasteiger partial charge on any atom is 0.309 e. The molecule has 2 aliphatic heterocycles. The summed E-state index contributed by atoms with van der Waals surface area (Å²) in [6.45, 7) is 5.88. The topological polar surface area (TPSA) is 83.1 Å². The molecule has 9 heteroatoms. The Kier molecular flexibility index (Phi) is 7.29. The van der Waals surface area contributed by atoms with Crippen LogP contribution in [-0.2, 0) is 9.59 Å². The molecule has 0 saturated carbocycles. The van der Waals surface area contributed by atoms with Gasteiger partial charge in [0.1, 0.15) is 5.82 Å². The zero-order valence-electron chi connectivity index (χ0n) is 18.7. The number of hydrogen-bond donors (Lipinski definition) is 2. The molecule has 1 atom stereocenters. The van der Waals surface area contributed by atoms with E-state index in [-0.39, 0.29) is 25.2 Å². The van der Waals surface area contributed by atoms with Gasteiger partial charge in [0.15, 0.2) is 11.5 Å². The molecular weight excluding hydrogens is 427 g/mol. The van der Waals surface area contributed by atoms with E-state index in [9.17, 15) is 14.0 Å². The number of carbonyl (C=O) groups is 2. The van der Waals surface area contributed by atoms with Crippen LogP contribution in [0.1, 0.15) is 24.9 Å². The highest BCUT2D eigenvalue weighted by Gasteiger charge is 2.28. The largest absolute Gasteiger partial charge is 0.454 e. The smallest absolute Gasteiger partial charge is 0.309 e. The van der Waals surface area contributed by atoms with E-state index in [2.05, 4.69) is 20.4 Å². The van der Waals surface area contributed by atoms with Crippen molar-refractivity contribution in [1.29, 1.82) is 0 Å². The van der Waals surface area contributed by atoms with Gasteiger partial charge < -0.3 is 25.0 Å². The van der Waals surface area contributed by atoms with E-state index in [4.69, 9.17) is 9.47 Å². The van der Waals surface area contributed by atoms with Gasteiger partial charge in [-0.25, -0.2) is 4.39 Å². The van der Waals surface area contributed by atoms with Crippen molar-refractivity contribution >= 4 is 17.5 Å². The predicted octanol–water partition coefficient (Wildman–Crippen LogP) is 2.06. The van der Waals surface area contributed by atoms with Gasteiger partial charge in [0.05, 0.1) is 6.04 Å². The third-order valence-electron chi connectivity index (χ3n) is 5.93. The lowest BCUT2D eigenvalue weighted by molar-refractivity contribution is -0.139. The van der Waals surface area contributed by atoms with E-state index in [0.29, 0.717) is 18.0 Å². The molecule has 8 nitrogen and oxygen atoms in total. The van der Waals surface area contributed by atoms with Crippen LogP contribution in [0.3, 0.4) is 0 Å². The number of nitrogens with zero attached hydrogens (tertiary/aromatic N) is 2. The van der Waals surface area contributed by atoms with E-state index in [1.807, 2.05) is 25.1 Å². The predicted molar refractivity (Wildman–Crippen MR) is 122 cm³/mol. The first kappa shape index (κ1) is 22.8. The number of benzene rings is 2. The second-order valence-electron chi connectivity index (χ2n) is 8.09. The minimum Gasteiger partial charge on any atom is -0.454 e. The number of rotatable bonds is 7. The van der Waals surface area contributed by atoms with E-state index in [0.717, 1.165) is 43.9 Å². The lowest BCUT2D eigenvalue weighted by atomic mass is 10.0. The molecule has 1 fully saturated rings. The van der Waals surface area contributed by atoms with Crippen LogP contribution >= 0.6 is 0 Å². The van der Waals surface area contributed by atoms with Crippen LogP contribution < -0.4 is 25.0 Å². The highest BCUT2D eigenvalue weighted by Crippen LogP contribution is 2.35. The summed E-state index contributed by atoms with van der Waals surface area (Å²) in [7, 11) is 0. The molecule has 0 aliphatic carbocycles. The highest BCUT2D eigenvalue weighted by molar-refractivity contribution is 6.35. The molecule has 0 unspecified atom stereocenters. The lowest BCUT2D eigenvalue weighted by Crippen LogP contribution is -2.50. The Bertz CT molecular complexity index is 977. The quantitative estimate of drug-likeness (QED) is 0.621. The van der Waals surface area contributed by atoms with E-state index in [1.54, 1.807) is 12.1 Å². The van der Waals surface area contributed by atoms with Gasteiger partial charge >= 0.3 is 11.8 Å². The van der Waals surface area contributed by atoms with Crippen LogP contribution in [0.2, 0.25) is 0 Å². The number of fused-ring (bicyclic) bond motifs is 1. The summed E-state index contributed by atoms with van der Waals surface area (Å²) in [4.78, 5) is 28.8. The van der Waals surface area contributed by atoms with E-state index < -0.39 is 11.8 Å². The average Bonchev–Trinajstić information content (AvgIpc) is 3.31. The molecule has 1 saturated heterocycles. The fourth-order valence-corrected chi connectivity index (χ4v) is 4.11. The minimum absolute atomic E-state index is 0.141. The minimum atomic E-state index is -0.640. The van der Waals surface area contributed by atoms with Gasteiger partial charge in [-0.2, -0.15) is 0 Å². The second-order valence-corrected chi connectivity index (χ2v) is 8.09. The van der Waals surface area contributed by atoms with E-state index in [1.165, 1.54) is 12.1 Å². The van der Waals surface area contributed by atoms with Gasteiger partial charge in [-0.05, 0) is 48.4 Å². The fourth-order valence-electron chi connectivity index (χ4n) is 4.11. The number of nitrogens with one attached hydrogen (secondary N) is 2. The van der Waals surface area contributed by atoms with Gasteiger partial charge in [0.2, 0.25) is 6.79 Å². The molecule has 2 heterocycles. The van der Waals surface area contributed by atoms with Crippen molar-refractivity contribution in [3.05, 3.63) is 53.8 Å². The summed E-state index contributed by atoms with van der Waals surface area (Å²) in [5.41, 5.74) is 1.96. The molecule has 33 heavy (non-hydrogen) atoms. The SMILES string of the molecule is CCCNC(=O)C(=O)NC[C@@H](c1ccc2c(c1)OCO2)N1CCN(c2ccc(F)cc2)CC1. The first-order valence-corrected chi connectivity index (χ1v) is 11.3. The van der Waals surface area contributed by atoms with Crippen molar-refractivity contribution in [3.8, 4) is 11.5 Å². The molecule has 176 valence electrons. The first-order valence-electron chi connectivity index (χ1n) is 11.3. The maximum absolute atomic E-state index is 13.3. The Balaban J connectivity index is 1.45. The standard InChI is InChI=1S/C24H29FN4O4/c1-2-9-26-23(30)24(31)27-15-20(17-3-8-21-22(14-17)33-16-32-21)29-12-10-28(11-13-29)19-6-4-18(25)5-7-19/h3-8,14,20H,2,9-13,15-16H2,1H3,(H,26,30)(H,27,31)/t20-/m0/s1. The van der Waals surface area contributed by atoms with Crippen molar-refractivity contribution < 1.29 is 23.5 Å². The normalized spacial score (nSPS) is 16.4. The molecule has 2 aromatic rings. The number of ether oxygens (including phenoxy) is 2. The van der Waals surface area contributed by atoms with Gasteiger partial charge in [0.25, 0.3) is 0 Å². The second kappa shape index (κ2) is 10.5. The number of hydrogen-bond acceptors (Lipinski definition) is 6. The number of halogens is 1. The monoisotopic (exact) mass is 456 g/mol. The summed E-state index contributed by atoms with van der Waals surface area (Å²) in [5.74, 6) is -0.142. The van der Waals surface area contributed by atoms with Gasteiger partial charge in [-0.15, -0.1) is 0 Å². The molecule has 0 spiro atoms. The number of piperazine rings is 1. The maximum atomic E-state index is 13.3. The van der Waals surface area contributed by atoms with Crippen LogP contribution in [0.4, 0.5) is 10.1 Å². The van der Waals surface area contributed by atoms with E-state index >= 15 is 0 Å².